The second-order valence-electron chi connectivity index (χ2n) is 9.95. The Kier molecular flexibility index (Phi) is 6.30. The van der Waals surface area contributed by atoms with Crippen LogP contribution in [0.5, 0.6) is 0 Å². The fourth-order valence-electron chi connectivity index (χ4n) is 5.45. The predicted octanol–water partition coefficient (Wildman–Crippen LogP) is 8.68. The molecule has 0 amide bonds. The Morgan fingerprint density at radius 2 is 0.788 bits per heavy atom. The van der Waals surface area contributed by atoms with E-state index in [1.54, 1.807) is 0 Å². The first-order chi connectivity index (χ1) is 15.7. The first-order valence-electron chi connectivity index (χ1n) is 12.0. The van der Waals surface area contributed by atoms with Crippen LogP contribution in [0.4, 0.5) is 0 Å². The molecular weight excluding hydrogens is 396 g/mol. The van der Waals surface area contributed by atoms with E-state index in [1.807, 2.05) is 0 Å². The van der Waals surface area contributed by atoms with Gasteiger partial charge < -0.3 is 0 Å². The predicted molar refractivity (Wildman–Crippen MR) is 142 cm³/mol. The second kappa shape index (κ2) is 9.02. The van der Waals surface area contributed by atoms with Gasteiger partial charge in [-0.15, -0.1) is 0 Å². The van der Waals surface area contributed by atoms with E-state index in [9.17, 15) is 0 Å². The van der Waals surface area contributed by atoms with Crippen molar-refractivity contribution < 1.29 is 0 Å². The zero-order valence-corrected chi connectivity index (χ0v) is 21.2. The molecular formula is C33H36. The maximum Gasteiger partial charge on any atom is 0.0283 e. The minimum Gasteiger partial charge on any atom is -0.0622 e. The lowest BCUT2D eigenvalue weighted by molar-refractivity contribution is 0.494. The highest BCUT2D eigenvalue weighted by Crippen LogP contribution is 2.50. The molecule has 0 aliphatic rings. The Balaban J connectivity index is 2.13. The quantitative estimate of drug-likeness (QED) is 0.296. The Labute approximate surface area is 200 Å². The molecule has 4 aromatic carbocycles. The minimum atomic E-state index is -0.235. The van der Waals surface area contributed by atoms with Crippen LogP contribution in [0.15, 0.2) is 84.9 Å². The third-order valence-corrected chi connectivity index (χ3v) is 7.71. The van der Waals surface area contributed by atoms with Crippen molar-refractivity contribution in [3.8, 4) is 0 Å². The fraction of sp³-hybridized carbons (Fsp3) is 0.273. The van der Waals surface area contributed by atoms with Gasteiger partial charge in [-0.2, -0.15) is 0 Å². The van der Waals surface area contributed by atoms with Crippen LogP contribution in [0.1, 0.15) is 68.5 Å². The molecule has 0 fully saturated rings. The largest absolute Gasteiger partial charge is 0.0622 e. The molecule has 0 heteroatoms. The first-order valence-corrected chi connectivity index (χ1v) is 12.0. The molecule has 0 aliphatic carbocycles. The molecule has 0 unspecified atom stereocenters. The smallest absolute Gasteiger partial charge is 0.0283 e. The normalized spacial score (nSPS) is 11.8. The van der Waals surface area contributed by atoms with Crippen LogP contribution in [-0.2, 0) is 5.41 Å². The van der Waals surface area contributed by atoms with E-state index >= 15 is 0 Å². The zero-order chi connectivity index (χ0) is 23.8. The van der Waals surface area contributed by atoms with Gasteiger partial charge in [-0.25, -0.2) is 0 Å². The standard InChI is InChI=1S/C33H36/c1-22-18-26(5)30(20-24(22)3)32(31-21-25(4)23(2)19-27(31)6)33(7,28-14-10-8-11-15-28)29-16-12-9-13-17-29/h8-21,32H,1-7H3. The summed E-state index contributed by atoms with van der Waals surface area (Å²) in [7, 11) is 0. The Hall–Kier alpha value is -3.12. The third kappa shape index (κ3) is 4.15. The number of benzene rings is 4. The van der Waals surface area contributed by atoms with Crippen LogP contribution in [-0.4, -0.2) is 0 Å². The number of hydrogen-bond donors (Lipinski definition) is 0. The fourth-order valence-corrected chi connectivity index (χ4v) is 5.45. The summed E-state index contributed by atoms with van der Waals surface area (Å²) in [5.74, 6) is 0.181. The highest BCUT2D eigenvalue weighted by Gasteiger charge is 2.41. The molecule has 0 heterocycles. The van der Waals surface area contributed by atoms with Gasteiger partial charge in [0.05, 0.1) is 0 Å². The minimum absolute atomic E-state index is 0.181. The van der Waals surface area contributed by atoms with E-state index in [2.05, 4.69) is 133 Å². The van der Waals surface area contributed by atoms with Crippen molar-refractivity contribution in [2.45, 2.75) is 59.8 Å². The number of rotatable bonds is 5. The van der Waals surface area contributed by atoms with Crippen LogP contribution in [0.2, 0.25) is 0 Å². The van der Waals surface area contributed by atoms with Gasteiger partial charge in [0.2, 0.25) is 0 Å². The molecule has 0 aromatic heterocycles. The second-order valence-corrected chi connectivity index (χ2v) is 9.95. The van der Waals surface area contributed by atoms with Crippen LogP contribution in [0, 0.1) is 41.5 Å². The molecule has 0 radical (unpaired) electrons. The average molecular weight is 433 g/mol. The molecule has 0 bridgehead atoms. The van der Waals surface area contributed by atoms with E-state index in [4.69, 9.17) is 0 Å². The van der Waals surface area contributed by atoms with Crippen molar-refractivity contribution in [1.29, 1.82) is 0 Å². The van der Waals surface area contributed by atoms with Crippen molar-refractivity contribution in [2.75, 3.05) is 0 Å². The molecule has 0 spiro atoms. The molecule has 4 rings (SSSR count). The summed E-state index contributed by atoms with van der Waals surface area (Å²) in [5, 5.41) is 0. The Bertz CT molecular complexity index is 1170. The van der Waals surface area contributed by atoms with Crippen molar-refractivity contribution in [1.82, 2.24) is 0 Å². The SMILES string of the molecule is Cc1cc(C)c(C(c2cc(C)c(C)cc2C)C(C)(c2ccccc2)c2ccccc2)cc1C. The van der Waals surface area contributed by atoms with Crippen LogP contribution in [0.3, 0.4) is 0 Å². The molecule has 168 valence electrons. The highest BCUT2D eigenvalue weighted by atomic mass is 14.4. The van der Waals surface area contributed by atoms with E-state index in [0.29, 0.717) is 0 Å². The topological polar surface area (TPSA) is 0 Å². The Morgan fingerprint density at radius 1 is 0.455 bits per heavy atom. The van der Waals surface area contributed by atoms with Gasteiger partial charge in [0, 0.05) is 11.3 Å². The molecule has 0 atom stereocenters. The van der Waals surface area contributed by atoms with Gasteiger partial charge >= 0.3 is 0 Å². The average Bonchev–Trinajstić information content (AvgIpc) is 2.81. The summed E-state index contributed by atoms with van der Waals surface area (Å²) in [6, 6.07) is 31.7. The summed E-state index contributed by atoms with van der Waals surface area (Å²) in [6.07, 6.45) is 0. The van der Waals surface area contributed by atoms with Gasteiger partial charge in [-0.05, 0) is 97.2 Å². The molecule has 0 nitrogen and oxygen atoms in total. The van der Waals surface area contributed by atoms with Gasteiger partial charge in [-0.1, -0.05) is 91.9 Å². The van der Waals surface area contributed by atoms with Crippen molar-refractivity contribution >= 4 is 0 Å². The summed E-state index contributed by atoms with van der Waals surface area (Å²) in [4.78, 5) is 0. The van der Waals surface area contributed by atoms with Gasteiger partial charge in [-0.3, -0.25) is 0 Å². The third-order valence-electron chi connectivity index (χ3n) is 7.71. The molecule has 33 heavy (non-hydrogen) atoms. The van der Waals surface area contributed by atoms with Gasteiger partial charge in [0.1, 0.15) is 0 Å². The van der Waals surface area contributed by atoms with Crippen LogP contribution < -0.4 is 0 Å². The summed E-state index contributed by atoms with van der Waals surface area (Å²) < 4.78 is 0. The van der Waals surface area contributed by atoms with E-state index in [-0.39, 0.29) is 11.3 Å². The maximum absolute atomic E-state index is 2.44. The molecule has 0 N–H and O–H groups in total. The van der Waals surface area contributed by atoms with Crippen molar-refractivity contribution in [3.05, 3.63) is 141 Å². The molecule has 0 saturated carbocycles. The monoisotopic (exact) mass is 432 g/mol. The van der Waals surface area contributed by atoms with Crippen LogP contribution in [0.25, 0.3) is 0 Å². The first kappa shape index (κ1) is 23.1. The van der Waals surface area contributed by atoms with Crippen LogP contribution >= 0.6 is 0 Å². The number of hydrogen-bond acceptors (Lipinski definition) is 0. The number of aryl methyl sites for hydroxylation is 6. The van der Waals surface area contributed by atoms with Crippen molar-refractivity contribution in [3.63, 3.8) is 0 Å². The van der Waals surface area contributed by atoms with E-state index < -0.39 is 0 Å². The lowest BCUT2D eigenvalue weighted by atomic mass is 9.61. The summed E-state index contributed by atoms with van der Waals surface area (Å²) in [5.41, 5.74) is 13.4. The molecule has 4 aromatic rings. The zero-order valence-electron chi connectivity index (χ0n) is 21.2. The van der Waals surface area contributed by atoms with Gasteiger partial charge in [0.25, 0.3) is 0 Å². The molecule has 0 saturated heterocycles. The van der Waals surface area contributed by atoms with E-state index in [0.717, 1.165) is 0 Å². The summed E-state index contributed by atoms with van der Waals surface area (Å²) in [6.45, 7) is 15.9. The van der Waals surface area contributed by atoms with Crippen molar-refractivity contribution in [2.24, 2.45) is 0 Å². The lowest BCUT2D eigenvalue weighted by Crippen LogP contribution is -2.34. The van der Waals surface area contributed by atoms with Gasteiger partial charge in [0.15, 0.2) is 0 Å². The maximum atomic E-state index is 2.44. The Morgan fingerprint density at radius 3 is 1.15 bits per heavy atom. The highest BCUT2D eigenvalue weighted by molar-refractivity contribution is 5.55. The summed E-state index contributed by atoms with van der Waals surface area (Å²) >= 11 is 0. The van der Waals surface area contributed by atoms with E-state index in [1.165, 1.54) is 55.6 Å². The molecule has 0 aliphatic heterocycles. The lowest BCUT2D eigenvalue weighted by Gasteiger charge is -2.41.